The Morgan fingerprint density at radius 3 is 2.29 bits per heavy atom. The second-order valence-corrected chi connectivity index (χ2v) is 10.3. The van der Waals surface area contributed by atoms with Crippen molar-refractivity contribution in [2.45, 2.75) is 50.6 Å². The van der Waals surface area contributed by atoms with E-state index in [0.717, 1.165) is 46.5 Å². The van der Waals surface area contributed by atoms with E-state index >= 15 is 0 Å². The number of carbonyl (C=O) groups excluding carboxylic acids is 1. The van der Waals surface area contributed by atoms with E-state index in [4.69, 9.17) is 16.6 Å². The standard InChI is InChI=1S/C31H34N6O/c1-31(33,30(32)38)19-24(18-25-20-34-27-15-9-8-14-26(25)27)29-36-35-28(17-16-22-10-4-2-5-11-22)37(29)21-23-12-6-3-7-13-23/h2-15,20,24,34H,16-19,21,33H2,1H3,(H2,32,38). The third-order valence-electron chi connectivity index (χ3n) is 7.26. The summed E-state index contributed by atoms with van der Waals surface area (Å²) in [6.45, 7) is 2.33. The lowest BCUT2D eigenvalue weighted by Gasteiger charge is -2.27. The van der Waals surface area contributed by atoms with Gasteiger partial charge in [0.05, 0.1) is 12.1 Å². The van der Waals surface area contributed by atoms with Crippen molar-refractivity contribution in [1.82, 2.24) is 19.7 Å². The minimum atomic E-state index is -1.19. The molecule has 0 fully saturated rings. The van der Waals surface area contributed by atoms with E-state index in [-0.39, 0.29) is 5.92 Å². The lowest BCUT2D eigenvalue weighted by molar-refractivity contribution is -0.122. The molecule has 7 heteroatoms. The fourth-order valence-electron chi connectivity index (χ4n) is 5.11. The Morgan fingerprint density at radius 2 is 1.58 bits per heavy atom. The first kappa shape index (κ1) is 25.4. The van der Waals surface area contributed by atoms with Crippen LogP contribution >= 0.6 is 0 Å². The Hall–Kier alpha value is -4.23. The summed E-state index contributed by atoms with van der Waals surface area (Å²) in [6.07, 6.45) is 4.64. The number of nitrogens with one attached hydrogen (secondary N) is 1. The van der Waals surface area contributed by atoms with E-state index in [1.807, 2.05) is 42.6 Å². The molecule has 38 heavy (non-hydrogen) atoms. The van der Waals surface area contributed by atoms with E-state index in [1.54, 1.807) is 6.92 Å². The first-order chi connectivity index (χ1) is 18.4. The molecule has 0 saturated carbocycles. The number of para-hydroxylation sites is 1. The highest BCUT2D eigenvalue weighted by atomic mass is 16.1. The molecule has 194 valence electrons. The molecule has 2 aromatic heterocycles. The molecule has 3 aromatic carbocycles. The number of fused-ring (bicyclic) bond motifs is 1. The molecule has 5 rings (SSSR count). The van der Waals surface area contributed by atoms with Crippen LogP contribution in [0.15, 0.2) is 91.1 Å². The quantitative estimate of drug-likeness (QED) is 0.244. The number of primary amides is 1. The third kappa shape index (κ3) is 5.68. The van der Waals surface area contributed by atoms with Crippen molar-refractivity contribution in [3.63, 3.8) is 0 Å². The maximum Gasteiger partial charge on any atom is 0.237 e. The summed E-state index contributed by atoms with van der Waals surface area (Å²) < 4.78 is 2.20. The largest absolute Gasteiger partial charge is 0.368 e. The number of aromatic amines is 1. The molecular formula is C31H34N6O. The normalized spacial score (nSPS) is 13.8. The summed E-state index contributed by atoms with van der Waals surface area (Å²) in [5.74, 6) is 1.03. The molecule has 0 radical (unpaired) electrons. The highest BCUT2D eigenvalue weighted by Gasteiger charge is 2.33. The smallest absolute Gasteiger partial charge is 0.237 e. The number of H-pyrrole nitrogens is 1. The van der Waals surface area contributed by atoms with Gasteiger partial charge < -0.3 is 21.0 Å². The fourth-order valence-corrected chi connectivity index (χ4v) is 5.11. The van der Waals surface area contributed by atoms with E-state index < -0.39 is 11.4 Å². The van der Waals surface area contributed by atoms with Crippen LogP contribution in [0, 0.1) is 0 Å². The fraction of sp³-hybridized carbons (Fsp3) is 0.258. The van der Waals surface area contributed by atoms with Crippen LogP contribution in [0.5, 0.6) is 0 Å². The summed E-state index contributed by atoms with van der Waals surface area (Å²) in [7, 11) is 0. The second kappa shape index (κ2) is 11.0. The van der Waals surface area contributed by atoms with Gasteiger partial charge >= 0.3 is 0 Å². The zero-order chi connectivity index (χ0) is 26.5. The van der Waals surface area contributed by atoms with E-state index in [1.165, 1.54) is 5.56 Å². The monoisotopic (exact) mass is 506 g/mol. The van der Waals surface area contributed by atoms with Crippen LogP contribution in [-0.4, -0.2) is 31.2 Å². The molecule has 2 heterocycles. The highest BCUT2D eigenvalue weighted by Crippen LogP contribution is 2.31. The van der Waals surface area contributed by atoms with Crippen LogP contribution in [0.3, 0.4) is 0 Å². The molecule has 2 unspecified atom stereocenters. The number of carbonyl (C=O) groups is 1. The van der Waals surface area contributed by atoms with Gasteiger partial charge in [-0.2, -0.15) is 0 Å². The Bertz CT molecular complexity index is 1500. The van der Waals surface area contributed by atoms with Gasteiger partial charge in [0.2, 0.25) is 5.91 Å². The Labute approximate surface area is 222 Å². The number of hydrogen-bond acceptors (Lipinski definition) is 4. The molecule has 0 saturated heterocycles. The first-order valence-electron chi connectivity index (χ1n) is 13.0. The Balaban J connectivity index is 1.54. The van der Waals surface area contributed by atoms with Crippen LogP contribution in [0.25, 0.3) is 10.9 Å². The molecule has 7 nitrogen and oxygen atoms in total. The minimum absolute atomic E-state index is 0.168. The highest BCUT2D eigenvalue weighted by molar-refractivity contribution is 5.84. The molecular weight excluding hydrogens is 472 g/mol. The summed E-state index contributed by atoms with van der Waals surface area (Å²) in [6, 6.07) is 28.9. The number of aromatic nitrogens is 4. The van der Waals surface area contributed by atoms with Crippen LogP contribution in [0.2, 0.25) is 0 Å². The van der Waals surface area contributed by atoms with Crippen molar-refractivity contribution in [3.8, 4) is 0 Å². The first-order valence-corrected chi connectivity index (χ1v) is 13.0. The SMILES string of the molecule is CC(N)(CC(Cc1c[nH]c2ccccc12)c1nnc(CCc2ccccc2)n1Cc1ccccc1)C(N)=O. The molecule has 0 aliphatic carbocycles. The minimum Gasteiger partial charge on any atom is -0.368 e. The maximum absolute atomic E-state index is 12.3. The molecule has 5 aromatic rings. The van der Waals surface area contributed by atoms with Crippen molar-refractivity contribution >= 4 is 16.8 Å². The molecule has 0 spiro atoms. The van der Waals surface area contributed by atoms with Gasteiger partial charge in [-0.1, -0.05) is 78.9 Å². The van der Waals surface area contributed by atoms with Gasteiger partial charge in [-0.05, 0) is 48.9 Å². The topological polar surface area (TPSA) is 116 Å². The Morgan fingerprint density at radius 1 is 0.921 bits per heavy atom. The van der Waals surface area contributed by atoms with Crippen molar-refractivity contribution in [2.75, 3.05) is 0 Å². The van der Waals surface area contributed by atoms with Gasteiger partial charge in [-0.3, -0.25) is 4.79 Å². The average Bonchev–Trinajstić information content (AvgIpc) is 3.52. The van der Waals surface area contributed by atoms with Crippen molar-refractivity contribution in [1.29, 1.82) is 0 Å². The summed E-state index contributed by atoms with van der Waals surface area (Å²) in [5.41, 5.74) is 15.6. The van der Waals surface area contributed by atoms with Gasteiger partial charge in [0.25, 0.3) is 0 Å². The predicted octanol–water partition coefficient (Wildman–Crippen LogP) is 4.51. The number of nitrogens with zero attached hydrogens (tertiary/aromatic N) is 3. The number of hydrogen-bond donors (Lipinski definition) is 3. The number of benzene rings is 3. The van der Waals surface area contributed by atoms with Crippen molar-refractivity contribution in [3.05, 3.63) is 119 Å². The predicted molar refractivity (Wildman–Crippen MR) is 151 cm³/mol. The molecule has 5 N–H and O–H groups in total. The summed E-state index contributed by atoms with van der Waals surface area (Å²) in [5, 5.41) is 10.5. The van der Waals surface area contributed by atoms with E-state index in [0.29, 0.717) is 19.4 Å². The van der Waals surface area contributed by atoms with Gasteiger partial charge in [-0.15, -0.1) is 10.2 Å². The zero-order valence-corrected chi connectivity index (χ0v) is 21.7. The van der Waals surface area contributed by atoms with E-state index in [9.17, 15) is 4.79 Å². The second-order valence-electron chi connectivity index (χ2n) is 10.3. The average molecular weight is 507 g/mol. The van der Waals surface area contributed by atoms with E-state index in [2.05, 4.69) is 63.2 Å². The summed E-state index contributed by atoms with van der Waals surface area (Å²) in [4.78, 5) is 15.7. The molecule has 2 atom stereocenters. The number of amides is 1. The summed E-state index contributed by atoms with van der Waals surface area (Å²) >= 11 is 0. The molecule has 1 amide bonds. The number of rotatable bonds is 11. The number of nitrogens with two attached hydrogens (primary N) is 2. The lowest BCUT2D eigenvalue weighted by atomic mass is 9.84. The van der Waals surface area contributed by atoms with Gasteiger partial charge in [0.1, 0.15) is 11.6 Å². The number of aryl methyl sites for hydroxylation is 2. The zero-order valence-electron chi connectivity index (χ0n) is 21.7. The van der Waals surface area contributed by atoms with Crippen LogP contribution in [0.1, 0.15) is 47.6 Å². The Kier molecular flexibility index (Phi) is 7.38. The molecule has 0 aliphatic rings. The van der Waals surface area contributed by atoms with Crippen LogP contribution in [0.4, 0.5) is 0 Å². The van der Waals surface area contributed by atoms with Crippen LogP contribution < -0.4 is 11.5 Å². The maximum atomic E-state index is 12.3. The molecule has 0 aliphatic heterocycles. The van der Waals surface area contributed by atoms with Gasteiger partial charge in [-0.25, -0.2) is 0 Å². The van der Waals surface area contributed by atoms with Crippen molar-refractivity contribution in [2.24, 2.45) is 11.5 Å². The molecule has 0 bridgehead atoms. The lowest BCUT2D eigenvalue weighted by Crippen LogP contribution is -2.50. The van der Waals surface area contributed by atoms with Crippen molar-refractivity contribution < 1.29 is 4.79 Å². The van der Waals surface area contributed by atoms with Gasteiger partial charge in [0, 0.05) is 29.4 Å². The van der Waals surface area contributed by atoms with Crippen LogP contribution in [-0.2, 0) is 30.6 Å². The van der Waals surface area contributed by atoms with Gasteiger partial charge in [0.15, 0.2) is 0 Å². The third-order valence-corrected chi connectivity index (χ3v) is 7.26.